The Morgan fingerprint density at radius 3 is 2.65 bits per heavy atom. The summed E-state index contributed by atoms with van der Waals surface area (Å²) in [6, 6.07) is 14.7. The molecule has 2 aromatic carbocycles. The van der Waals surface area contributed by atoms with Gasteiger partial charge in [0.2, 0.25) is 0 Å². The van der Waals surface area contributed by atoms with Crippen molar-refractivity contribution in [3.8, 4) is 5.75 Å². The average molecular weight is 347 g/mol. The molecule has 4 heteroatoms. The molecule has 5 rings (SSSR count). The largest absolute Gasteiger partial charge is 0.478 e. The summed E-state index contributed by atoms with van der Waals surface area (Å²) in [5.74, 6) is 0.829. The van der Waals surface area contributed by atoms with Crippen LogP contribution in [0.5, 0.6) is 5.75 Å². The van der Waals surface area contributed by atoms with E-state index in [4.69, 9.17) is 9.15 Å². The molecule has 0 saturated carbocycles. The molecule has 0 spiro atoms. The van der Waals surface area contributed by atoms with E-state index < -0.39 is 0 Å². The van der Waals surface area contributed by atoms with E-state index in [-0.39, 0.29) is 11.7 Å². The monoisotopic (exact) mass is 347 g/mol. The molecule has 26 heavy (non-hydrogen) atoms. The highest BCUT2D eigenvalue weighted by atomic mass is 16.5. The van der Waals surface area contributed by atoms with Crippen LogP contribution < -0.4 is 10.4 Å². The zero-order chi connectivity index (χ0) is 17.7. The summed E-state index contributed by atoms with van der Waals surface area (Å²) in [4.78, 5) is 14.7. The minimum Gasteiger partial charge on any atom is -0.478 e. The molecule has 4 nitrogen and oxygen atoms in total. The molecule has 1 aliphatic carbocycles. The van der Waals surface area contributed by atoms with E-state index >= 15 is 0 Å². The van der Waals surface area contributed by atoms with E-state index in [1.165, 1.54) is 11.1 Å². The molecule has 1 aliphatic heterocycles. The quantitative estimate of drug-likeness (QED) is 0.652. The highest BCUT2D eigenvalue weighted by Gasteiger charge is 2.28. The summed E-state index contributed by atoms with van der Waals surface area (Å²) in [6.07, 6.45) is 2.82. The lowest BCUT2D eigenvalue weighted by Gasteiger charge is -2.34. The number of benzene rings is 2. The van der Waals surface area contributed by atoms with Crippen LogP contribution in [0.1, 0.15) is 41.6 Å². The Labute approximate surface area is 152 Å². The van der Waals surface area contributed by atoms with Gasteiger partial charge < -0.3 is 9.15 Å². The second-order valence-electron chi connectivity index (χ2n) is 7.23. The second-order valence-corrected chi connectivity index (χ2v) is 7.23. The van der Waals surface area contributed by atoms with Crippen molar-refractivity contribution in [3.05, 3.63) is 75.1 Å². The second kappa shape index (κ2) is 5.99. The minimum atomic E-state index is -0.174. The van der Waals surface area contributed by atoms with Crippen LogP contribution in [0.25, 0.3) is 11.0 Å². The molecule has 0 fully saturated rings. The molecular weight excluding hydrogens is 326 g/mol. The van der Waals surface area contributed by atoms with Crippen LogP contribution in [0.15, 0.2) is 51.7 Å². The van der Waals surface area contributed by atoms with E-state index in [2.05, 4.69) is 42.2 Å². The summed E-state index contributed by atoms with van der Waals surface area (Å²) < 4.78 is 11.8. The lowest BCUT2D eigenvalue weighted by molar-refractivity contribution is 0.0620. The molecule has 1 aromatic heterocycles. The number of rotatable bonds is 2. The fourth-order valence-corrected chi connectivity index (χ4v) is 4.26. The van der Waals surface area contributed by atoms with Gasteiger partial charge in [-0.2, -0.15) is 0 Å². The highest BCUT2D eigenvalue weighted by molar-refractivity contribution is 5.86. The molecule has 1 atom stereocenters. The number of fused-ring (bicyclic) bond motifs is 5. The summed E-state index contributed by atoms with van der Waals surface area (Å²) in [7, 11) is 0. The molecule has 0 radical (unpaired) electrons. The Morgan fingerprint density at radius 2 is 1.81 bits per heavy atom. The predicted octanol–water partition coefficient (Wildman–Crippen LogP) is 4.19. The third kappa shape index (κ3) is 2.36. The number of hydrogen-bond acceptors (Lipinski definition) is 4. The molecule has 2 aliphatic rings. The molecule has 2 heterocycles. The van der Waals surface area contributed by atoms with E-state index in [1.54, 1.807) is 0 Å². The number of aryl methyl sites for hydroxylation is 1. The van der Waals surface area contributed by atoms with Gasteiger partial charge in [0, 0.05) is 23.5 Å². The van der Waals surface area contributed by atoms with Crippen LogP contribution in [0.4, 0.5) is 0 Å². The normalized spacial score (nSPS) is 17.6. The van der Waals surface area contributed by atoms with Gasteiger partial charge in [0.25, 0.3) is 0 Å². The Bertz CT molecular complexity index is 1040. The lowest BCUT2D eigenvalue weighted by atomic mass is 10.0. The Kier molecular flexibility index (Phi) is 3.61. The van der Waals surface area contributed by atoms with Gasteiger partial charge in [-0.3, -0.25) is 4.90 Å². The van der Waals surface area contributed by atoms with E-state index in [0.29, 0.717) is 18.9 Å². The molecular formula is C22H21NO3. The fourth-order valence-electron chi connectivity index (χ4n) is 4.26. The summed E-state index contributed by atoms with van der Waals surface area (Å²) in [6.45, 7) is 3.43. The maximum Gasteiger partial charge on any atom is 0.339 e. The first-order valence-corrected chi connectivity index (χ1v) is 9.24. The van der Waals surface area contributed by atoms with Crippen LogP contribution in [-0.2, 0) is 19.4 Å². The van der Waals surface area contributed by atoms with Crippen molar-refractivity contribution >= 4 is 11.0 Å². The first-order valence-electron chi connectivity index (χ1n) is 9.24. The van der Waals surface area contributed by atoms with Crippen LogP contribution in [0.2, 0.25) is 0 Å². The van der Waals surface area contributed by atoms with Gasteiger partial charge >= 0.3 is 5.63 Å². The molecule has 0 saturated heterocycles. The molecule has 0 bridgehead atoms. The third-order valence-electron chi connectivity index (χ3n) is 5.78. The number of hydrogen-bond donors (Lipinski definition) is 0. The van der Waals surface area contributed by atoms with Gasteiger partial charge in [0.1, 0.15) is 18.1 Å². The van der Waals surface area contributed by atoms with Crippen LogP contribution in [0, 0.1) is 0 Å². The Morgan fingerprint density at radius 1 is 1.00 bits per heavy atom. The Hall–Kier alpha value is -2.59. The maximum absolute atomic E-state index is 12.4. The molecule has 0 N–H and O–H groups in total. The van der Waals surface area contributed by atoms with Gasteiger partial charge in [-0.25, -0.2) is 4.79 Å². The predicted molar refractivity (Wildman–Crippen MR) is 100 cm³/mol. The minimum absolute atomic E-state index is 0.174. The topological polar surface area (TPSA) is 42.7 Å². The van der Waals surface area contributed by atoms with Crippen LogP contribution in [0.3, 0.4) is 0 Å². The van der Waals surface area contributed by atoms with Crippen molar-refractivity contribution in [1.82, 2.24) is 4.90 Å². The van der Waals surface area contributed by atoms with Crippen molar-refractivity contribution in [1.29, 1.82) is 0 Å². The van der Waals surface area contributed by atoms with E-state index in [1.807, 2.05) is 12.1 Å². The van der Waals surface area contributed by atoms with Crippen LogP contribution in [-0.4, -0.2) is 11.6 Å². The third-order valence-corrected chi connectivity index (χ3v) is 5.78. The molecule has 3 aromatic rings. The first kappa shape index (κ1) is 15.6. The Balaban J connectivity index is 1.59. The first-order chi connectivity index (χ1) is 12.7. The van der Waals surface area contributed by atoms with Gasteiger partial charge in [-0.05, 0) is 49.4 Å². The summed E-state index contributed by atoms with van der Waals surface area (Å²) in [5.41, 5.74) is 4.81. The number of ether oxygens (including phenoxy) is 1. The summed E-state index contributed by atoms with van der Waals surface area (Å²) in [5, 5.41) is 1.08. The van der Waals surface area contributed by atoms with E-state index in [0.717, 1.165) is 41.5 Å². The average Bonchev–Trinajstić information content (AvgIpc) is 3.18. The van der Waals surface area contributed by atoms with Gasteiger partial charge in [-0.15, -0.1) is 0 Å². The zero-order valence-electron chi connectivity index (χ0n) is 14.8. The van der Waals surface area contributed by atoms with Crippen molar-refractivity contribution in [2.45, 2.75) is 38.8 Å². The smallest absolute Gasteiger partial charge is 0.339 e. The summed E-state index contributed by atoms with van der Waals surface area (Å²) >= 11 is 0. The van der Waals surface area contributed by atoms with Crippen molar-refractivity contribution in [2.24, 2.45) is 0 Å². The molecule has 0 unspecified atom stereocenters. The van der Waals surface area contributed by atoms with E-state index in [9.17, 15) is 4.79 Å². The van der Waals surface area contributed by atoms with Crippen molar-refractivity contribution in [3.63, 3.8) is 0 Å². The highest BCUT2D eigenvalue weighted by Crippen LogP contribution is 2.37. The molecule has 0 amide bonds. The maximum atomic E-state index is 12.4. The van der Waals surface area contributed by atoms with Crippen molar-refractivity contribution < 1.29 is 9.15 Å². The SMILES string of the molecule is C[C@H](c1ccccc1)N1COc2ccc3c4c(c(=O)oc3c2C1)CCC4. The standard InChI is InChI=1S/C22H21NO3/c1-14(15-6-3-2-4-7-15)23-12-19-20(25-13-23)11-10-17-16-8-5-9-18(16)22(24)26-21(17)19/h2-4,6-7,10-11,14H,5,8-9,12-13H2,1H3/t14-/m1/s1. The van der Waals surface area contributed by atoms with Gasteiger partial charge in [-0.1, -0.05) is 30.3 Å². The number of nitrogens with zero attached hydrogens (tertiary/aromatic N) is 1. The van der Waals surface area contributed by atoms with Gasteiger partial charge in [0.15, 0.2) is 0 Å². The molecule has 132 valence electrons. The zero-order valence-corrected chi connectivity index (χ0v) is 14.8. The van der Waals surface area contributed by atoms with Gasteiger partial charge in [0.05, 0.1) is 5.56 Å². The van der Waals surface area contributed by atoms with Crippen molar-refractivity contribution in [2.75, 3.05) is 6.73 Å². The van der Waals surface area contributed by atoms with Crippen LogP contribution >= 0.6 is 0 Å². The fraction of sp³-hybridized carbons (Fsp3) is 0.318. The lowest BCUT2D eigenvalue weighted by Crippen LogP contribution is -2.34.